The van der Waals surface area contributed by atoms with Crippen LogP contribution in [-0.4, -0.2) is 24.5 Å². The Morgan fingerprint density at radius 1 is 1.08 bits per heavy atom. The van der Waals surface area contributed by atoms with Crippen LogP contribution < -0.4 is 20.3 Å². The van der Waals surface area contributed by atoms with Gasteiger partial charge in [0.25, 0.3) is 11.8 Å². The van der Waals surface area contributed by atoms with Gasteiger partial charge in [0.15, 0.2) is 6.10 Å². The quantitative estimate of drug-likeness (QED) is 0.722. The van der Waals surface area contributed by atoms with Crippen LogP contribution in [0.2, 0.25) is 0 Å². The predicted octanol–water partition coefficient (Wildman–Crippen LogP) is 3.08. The fourth-order valence-corrected chi connectivity index (χ4v) is 2.36. The maximum atomic E-state index is 12.0. The average molecular weight is 407 g/mol. The molecule has 132 valence electrons. The number of carbonyl (C=O) groups excluding carboxylic acids is 2. The van der Waals surface area contributed by atoms with E-state index in [0.29, 0.717) is 17.9 Å². The van der Waals surface area contributed by atoms with Gasteiger partial charge < -0.3 is 9.47 Å². The standard InChI is InChI=1S/C18H19BrN2O4/c1-3-24-15-7-9-16(10-8-15)25-12(2)17(22)20-21-18(23)13-5-4-6-14(19)11-13/h4-12H,3H2,1-2H3,(H,20,22)(H,21,23)/t12-/m1/s1. The van der Waals surface area contributed by atoms with E-state index < -0.39 is 17.9 Å². The first-order valence-corrected chi connectivity index (χ1v) is 8.54. The van der Waals surface area contributed by atoms with Gasteiger partial charge in [-0.15, -0.1) is 0 Å². The van der Waals surface area contributed by atoms with Gasteiger partial charge >= 0.3 is 0 Å². The zero-order valence-electron chi connectivity index (χ0n) is 13.9. The van der Waals surface area contributed by atoms with Crippen LogP contribution in [0.5, 0.6) is 11.5 Å². The summed E-state index contributed by atoms with van der Waals surface area (Å²) in [5, 5.41) is 0. The van der Waals surface area contributed by atoms with Crippen LogP contribution in [-0.2, 0) is 4.79 Å². The molecule has 0 aliphatic carbocycles. The predicted molar refractivity (Wildman–Crippen MR) is 97.5 cm³/mol. The summed E-state index contributed by atoms with van der Waals surface area (Å²) in [5.74, 6) is 0.387. The minimum atomic E-state index is -0.777. The Hall–Kier alpha value is -2.54. The number of amides is 2. The molecule has 2 aromatic carbocycles. The van der Waals surface area contributed by atoms with Gasteiger partial charge in [0.1, 0.15) is 11.5 Å². The Morgan fingerprint density at radius 2 is 1.76 bits per heavy atom. The van der Waals surface area contributed by atoms with E-state index in [1.807, 2.05) is 13.0 Å². The molecule has 0 aliphatic heterocycles. The third kappa shape index (κ3) is 5.79. The van der Waals surface area contributed by atoms with Crippen molar-refractivity contribution in [3.8, 4) is 11.5 Å². The maximum Gasteiger partial charge on any atom is 0.279 e. The summed E-state index contributed by atoms with van der Waals surface area (Å²) in [5.41, 5.74) is 5.13. The van der Waals surface area contributed by atoms with Gasteiger partial charge in [-0.25, -0.2) is 0 Å². The van der Waals surface area contributed by atoms with Crippen molar-refractivity contribution in [2.75, 3.05) is 6.61 Å². The molecule has 0 bridgehead atoms. The van der Waals surface area contributed by atoms with Gasteiger partial charge in [-0.3, -0.25) is 20.4 Å². The fourth-order valence-electron chi connectivity index (χ4n) is 1.96. The van der Waals surface area contributed by atoms with Crippen molar-refractivity contribution in [1.82, 2.24) is 10.9 Å². The Balaban J connectivity index is 1.84. The third-order valence-corrected chi connectivity index (χ3v) is 3.70. The molecular formula is C18H19BrN2O4. The number of hydrazine groups is 1. The first-order chi connectivity index (χ1) is 12.0. The first kappa shape index (κ1) is 18.8. The molecule has 1 atom stereocenters. The Kier molecular flexibility index (Phi) is 6.82. The van der Waals surface area contributed by atoms with E-state index in [-0.39, 0.29) is 0 Å². The average Bonchev–Trinajstić information content (AvgIpc) is 2.61. The van der Waals surface area contributed by atoms with Crippen molar-refractivity contribution < 1.29 is 19.1 Å². The van der Waals surface area contributed by atoms with E-state index in [0.717, 1.165) is 10.2 Å². The van der Waals surface area contributed by atoms with Crippen LogP contribution in [0.4, 0.5) is 0 Å². The highest BCUT2D eigenvalue weighted by molar-refractivity contribution is 9.10. The van der Waals surface area contributed by atoms with Gasteiger partial charge in [0.2, 0.25) is 0 Å². The zero-order valence-corrected chi connectivity index (χ0v) is 15.5. The molecule has 0 unspecified atom stereocenters. The highest BCUT2D eigenvalue weighted by Gasteiger charge is 2.16. The molecule has 0 radical (unpaired) electrons. The molecule has 0 saturated heterocycles. The Morgan fingerprint density at radius 3 is 2.40 bits per heavy atom. The van der Waals surface area contributed by atoms with Crippen LogP contribution in [0.25, 0.3) is 0 Å². The Bertz CT molecular complexity index is 734. The summed E-state index contributed by atoms with van der Waals surface area (Å²) in [6.45, 7) is 4.08. The van der Waals surface area contributed by atoms with E-state index in [2.05, 4.69) is 26.8 Å². The van der Waals surface area contributed by atoms with Gasteiger partial charge in [-0.1, -0.05) is 22.0 Å². The molecule has 0 heterocycles. The van der Waals surface area contributed by atoms with Crippen molar-refractivity contribution >= 4 is 27.7 Å². The second-order valence-electron chi connectivity index (χ2n) is 5.12. The molecule has 2 rings (SSSR count). The summed E-state index contributed by atoms with van der Waals surface area (Å²) in [4.78, 5) is 24.0. The van der Waals surface area contributed by atoms with Crippen LogP contribution in [0.1, 0.15) is 24.2 Å². The van der Waals surface area contributed by atoms with Gasteiger partial charge in [-0.2, -0.15) is 0 Å². The lowest BCUT2D eigenvalue weighted by Gasteiger charge is -2.15. The van der Waals surface area contributed by atoms with Crippen molar-refractivity contribution in [3.63, 3.8) is 0 Å². The second-order valence-corrected chi connectivity index (χ2v) is 6.03. The van der Waals surface area contributed by atoms with E-state index in [1.54, 1.807) is 49.4 Å². The normalized spacial score (nSPS) is 11.3. The number of nitrogens with one attached hydrogen (secondary N) is 2. The van der Waals surface area contributed by atoms with E-state index in [9.17, 15) is 9.59 Å². The van der Waals surface area contributed by atoms with Crippen molar-refractivity contribution in [3.05, 3.63) is 58.6 Å². The molecule has 7 heteroatoms. The molecule has 2 N–H and O–H groups in total. The zero-order chi connectivity index (χ0) is 18.2. The van der Waals surface area contributed by atoms with E-state index in [4.69, 9.17) is 9.47 Å². The lowest BCUT2D eigenvalue weighted by atomic mass is 10.2. The maximum absolute atomic E-state index is 12.0. The van der Waals surface area contributed by atoms with Crippen molar-refractivity contribution in [2.24, 2.45) is 0 Å². The molecule has 2 amide bonds. The lowest BCUT2D eigenvalue weighted by molar-refractivity contribution is -0.128. The Labute approximate surface area is 154 Å². The number of halogens is 1. The number of hydrogen-bond donors (Lipinski definition) is 2. The van der Waals surface area contributed by atoms with Crippen molar-refractivity contribution in [1.29, 1.82) is 0 Å². The largest absolute Gasteiger partial charge is 0.494 e. The smallest absolute Gasteiger partial charge is 0.279 e. The first-order valence-electron chi connectivity index (χ1n) is 7.75. The highest BCUT2D eigenvalue weighted by atomic mass is 79.9. The molecule has 0 aromatic heterocycles. The molecule has 0 fully saturated rings. The number of carbonyl (C=O) groups is 2. The van der Waals surface area contributed by atoms with Gasteiger partial charge in [-0.05, 0) is 56.3 Å². The lowest BCUT2D eigenvalue weighted by Crippen LogP contribution is -2.47. The minimum absolute atomic E-state index is 0.414. The van der Waals surface area contributed by atoms with E-state index in [1.165, 1.54) is 0 Å². The molecular weight excluding hydrogens is 388 g/mol. The third-order valence-electron chi connectivity index (χ3n) is 3.20. The number of rotatable bonds is 6. The summed E-state index contributed by atoms with van der Waals surface area (Å²) < 4.78 is 11.7. The van der Waals surface area contributed by atoms with Crippen LogP contribution >= 0.6 is 15.9 Å². The van der Waals surface area contributed by atoms with Gasteiger partial charge in [0.05, 0.1) is 6.61 Å². The van der Waals surface area contributed by atoms with E-state index >= 15 is 0 Å². The molecule has 25 heavy (non-hydrogen) atoms. The van der Waals surface area contributed by atoms with Crippen LogP contribution in [0.15, 0.2) is 53.0 Å². The number of ether oxygens (including phenoxy) is 2. The number of hydrogen-bond acceptors (Lipinski definition) is 4. The summed E-state index contributed by atoms with van der Waals surface area (Å²) in [6.07, 6.45) is -0.777. The van der Waals surface area contributed by atoms with Gasteiger partial charge in [0, 0.05) is 10.0 Å². The van der Waals surface area contributed by atoms with Crippen LogP contribution in [0.3, 0.4) is 0 Å². The minimum Gasteiger partial charge on any atom is -0.494 e. The van der Waals surface area contributed by atoms with Crippen molar-refractivity contribution in [2.45, 2.75) is 20.0 Å². The summed E-state index contributed by atoms with van der Waals surface area (Å²) in [6, 6.07) is 13.8. The van der Waals surface area contributed by atoms with Crippen LogP contribution in [0, 0.1) is 0 Å². The molecule has 0 aliphatic rings. The molecule has 0 saturated carbocycles. The monoisotopic (exact) mass is 406 g/mol. The molecule has 6 nitrogen and oxygen atoms in total. The summed E-state index contributed by atoms with van der Waals surface area (Å²) >= 11 is 3.29. The number of benzene rings is 2. The topological polar surface area (TPSA) is 76.7 Å². The second kappa shape index (κ2) is 9.08. The highest BCUT2D eigenvalue weighted by Crippen LogP contribution is 2.18. The SMILES string of the molecule is CCOc1ccc(O[C@H](C)C(=O)NNC(=O)c2cccc(Br)c2)cc1. The molecule has 0 spiro atoms. The fraction of sp³-hybridized carbons (Fsp3) is 0.222. The summed E-state index contributed by atoms with van der Waals surface area (Å²) in [7, 11) is 0. The molecule has 2 aromatic rings.